The minimum absolute atomic E-state index is 0.0191. The van der Waals surface area contributed by atoms with Crippen molar-refractivity contribution in [1.82, 2.24) is 14.9 Å². The SMILES string of the molecule is COCC(=O)N1CCc2nc3ncc(Br)cc3cc2C1. The molecule has 6 heteroatoms. The van der Waals surface area contributed by atoms with Crippen LogP contribution >= 0.6 is 15.9 Å². The molecule has 104 valence electrons. The van der Waals surface area contributed by atoms with Crippen molar-refractivity contribution in [3.8, 4) is 0 Å². The fourth-order valence-electron chi connectivity index (χ4n) is 2.42. The summed E-state index contributed by atoms with van der Waals surface area (Å²) >= 11 is 3.41. The lowest BCUT2D eigenvalue weighted by atomic mass is 10.0. The van der Waals surface area contributed by atoms with E-state index in [2.05, 4.69) is 32.0 Å². The van der Waals surface area contributed by atoms with Crippen LogP contribution in [0.2, 0.25) is 0 Å². The highest BCUT2D eigenvalue weighted by atomic mass is 79.9. The van der Waals surface area contributed by atoms with E-state index < -0.39 is 0 Å². The number of pyridine rings is 2. The van der Waals surface area contributed by atoms with Crippen LogP contribution in [0.1, 0.15) is 11.3 Å². The van der Waals surface area contributed by atoms with Crippen molar-refractivity contribution in [2.75, 3.05) is 20.3 Å². The van der Waals surface area contributed by atoms with Gasteiger partial charge in [0.25, 0.3) is 0 Å². The average molecular weight is 336 g/mol. The van der Waals surface area contributed by atoms with E-state index in [-0.39, 0.29) is 12.5 Å². The van der Waals surface area contributed by atoms with Gasteiger partial charge in [-0.05, 0) is 33.6 Å². The van der Waals surface area contributed by atoms with Crippen molar-refractivity contribution in [3.63, 3.8) is 0 Å². The summed E-state index contributed by atoms with van der Waals surface area (Å²) in [5.74, 6) is 0.0191. The summed E-state index contributed by atoms with van der Waals surface area (Å²) in [4.78, 5) is 22.6. The molecule has 0 radical (unpaired) electrons. The number of carbonyl (C=O) groups is 1. The Hall–Kier alpha value is -1.53. The summed E-state index contributed by atoms with van der Waals surface area (Å²) in [7, 11) is 1.54. The largest absolute Gasteiger partial charge is 0.375 e. The summed E-state index contributed by atoms with van der Waals surface area (Å²) < 4.78 is 5.83. The highest BCUT2D eigenvalue weighted by Gasteiger charge is 2.22. The number of aromatic nitrogens is 2. The number of hydrogen-bond acceptors (Lipinski definition) is 4. The Kier molecular flexibility index (Phi) is 3.67. The Morgan fingerprint density at radius 1 is 1.50 bits per heavy atom. The van der Waals surface area contributed by atoms with Crippen LogP contribution in [-0.2, 0) is 22.5 Å². The summed E-state index contributed by atoms with van der Waals surface area (Å²) in [5, 5.41) is 0.985. The molecule has 3 heterocycles. The van der Waals surface area contributed by atoms with Gasteiger partial charge in [0.2, 0.25) is 5.91 Å². The number of carbonyl (C=O) groups excluding carboxylic acids is 1. The van der Waals surface area contributed by atoms with Gasteiger partial charge in [0.15, 0.2) is 5.65 Å². The summed E-state index contributed by atoms with van der Waals surface area (Å²) in [6.45, 7) is 1.40. The molecule has 2 aromatic rings. The van der Waals surface area contributed by atoms with Crippen LogP contribution < -0.4 is 0 Å². The smallest absolute Gasteiger partial charge is 0.248 e. The van der Waals surface area contributed by atoms with E-state index in [0.29, 0.717) is 13.1 Å². The number of ether oxygens (including phenoxy) is 1. The highest BCUT2D eigenvalue weighted by molar-refractivity contribution is 9.10. The molecular weight excluding hydrogens is 322 g/mol. The second-order valence-electron chi connectivity index (χ2n) is 4.79. The zero-order chi connectivity index (χ0) is 14.1. The van der Waals surface area contributed by atoms with E-state index >= 15 is 0 Å². The Balaban J connectivity index is 1.94. The Bertz CT molecular complexity index is 675. The van der Waals surface area contributed by atoms with Gasteiger partial charge < -0.3 is 9.64 Å². The van der Waals surface area contributed by atoms with Crippen molar-refractivity contribution in [2.45, 2.75) is 13.0 Å². The van der Waals surface area contributed by atoms with Gasteiger partial charge in [-0.3, -0.25) is 4.79 Å². The van der Waals surface area contributed by atoms with E-state index in [4.69, 9.17) is 4.74 Å². The molecule has 2 aromatic heterocycles. The second-order valence-corrected chi connectivity index (χ2v) is 5.71. The van der Waals surface area contributed by atoms with Crippen LogP contribution in [0.25, 0.3) is 11.0 Å². The standard InChI is InChI=1S/C14H14BrN3O2/c1-20-8-13(19)18-3-2-12-10(7-18)4-9-5-11(15)6-16-14(9)17-12/h4-6H,2-3,7-8H2,1H3. The third-order valence-corrected chi connectivity index (χ3v) is 3.84. The molecule has 0 saturated carbocycles. The fraction of sp³-hybridized carbons (Fsp3) is 0.357. The summed E-state index contributed by atoms with van der Waals surface area (Å²) in [5.41, 5.74) is 2.88. The molecule has 0 aromatic carbocycles. The third-order valence-electron chi connectivity index (χ3n) is 3.40. The predicted octanol–water partition coefficient (Wildman–Crippen LogP) is 1.92. The molecule has 0 spiro atoms. The average Bonchev–Trinajstić information content (AvgIpc) is 2.44. The van der Waals surface area contributed by atoms with Crippen LogP contribution in [0.5, 0.6) is 0 Å². The zero-order valence-electron chi connectivity index (χ0n) is 11.1. The minimum Gasteiger partial charge on any atom is -0.375 e. The van der Waals surface area contributed by atoms with Gasteiger partial charge >= 0.3 is 0 Å². The first-order valence-electron chi connectivity index (χ1n) is 6.38. The quantitative estimate of drug-likeness (QED) is 0.841. The van der Waals surface area contributed by atoms with Crippen LogP contribution in [0.4, 0.5) is 0 Å². The minimum atomic E-state index is 0.0191. The molecule has 1 aliphatic heterocycles. The van der Waals surface area contributed by atoms with Crippen molar-refractivity contribution >= 4 is 32.9 Å². The molecule has 0 bridgehead atoms. The summed E-state index contributed by atoms with van der Waals surface area (Å²) in [6, 6.07) is 4.06. The molecule has 0 atom stereocenters. The van der Waals surface area contributed by atoms with E-state index in [0.717, 1.165) is 33.2 Å². The van der Waals surface area contributed by atoms with E-state index in [1.54, 1.807) is 6.20 Å². The molecule has 1 amide bonds. The molecule has 0 N–H and O–H groups in total. The summed E-state index contributed by atoms with van der Waals surface area (Å²) in [6.07, 6.45) is 2.51. The zero-order valence-corrected chi connectivity index (χ0v) is 12.7. The first-order valence-corrected chi connectivity index (χ1v) is 7.17. The number of fused-ring (bicyclic) bond motifs is 2. The second kappa shape index (κ2) is 5.46. The molecule has 5 nitrogen and oxygen atoms in total. The number of amides is 1. The van der Waals surface area contributed by atoms with Gasteiger partial charge in [0, 0.05) is 48.4 Å². The molecule has 1 aliphatic rings. The van der Waals surface area contributed by atoms with Crippen LogP contribution in [0.3, 0.4) is 0 Å². The van der Waals surface area contributed by atoms with Gasteiger partial charge in [0.1, 0.15) is 6.61 Å². The number of rotatable bonds is 2. The van der Waals surface area contributed by atoms with E-state index in [9.17, 15) is 4.79 Å². The lowest BCUT2D eigenvalue weighted by Crippen LogP contribution is -2.38. The Morgan fingerprint density at radius 2 is 2.35 bits per heavy atom. The van der Waals surface area contributed by atoms with E-state index in [1.807, 2.05) is 11.0 Å². The number of nitrogens with zero attached hydrogens (tertiary/aromatic N) is 3. The third kappa shape index (κ3) is 2.53. The molecule has 0 aliphatic carbocycles. The van der Waals surface area contributed by atoms with Gasteiger partial charge in [-0.1, -0.05) is 0 Å². The lowest BCUT2D eigenvalue weighted by molar-refractivity contribution is -0.136. The van der Waals surface area contributed by atoms with Crippen LogP contribution in [0.15, 0.2) is 22.8 Å². The number of hydrogen-bond donors (Lipinski definition) is 0. The Morgan fingerprint density at radius 3 is 3.15 bits per heavy atom. The van der Waals surface area contributed by atoms with E-state index in [1.165, 1.54) is 7.11 Å². The van der Waals surface area contributed by atoms with Crippen LogP contribution in [-0.4, -0.2) is 41.0 Å². The van der Waals surface area contributed by atoms with Crippen molar-refractivity contribution in [3.05, 3.63) is 34.1 Å². The maximum atomic E-state index is 11.9. The van der Waals surface area contributed by atoms with Crippen molar-refractivity contribution < 1.29 is 9.53 Å². The molecule has 0 unspecified atom stereocenters. The van der Waals surface area contributed by atoms with Gasteiger partial charge in [0.05, 0.1) is 0 Å². The molecule has 0 saturated heterocycles. The maximum Gasteiger partial charge on any atom is 0.248 e. The van der Waals surface area contributed by atoms with Gasteiger partial charge in [-0.2, -0.15) is 0 Å². The normalized spacial score (nSPS) is 14.4. The topological polar surface area (TPSA) is 55.3 Å². The predicted molar refractivity (Wildman–Crippen MR) is 78.2 cm³/mol. The molecule has 0 fully saturated rings. The first kappa shape index (κ1) is 13.5. The highest BCUT2D eigenvalue weighted by Crippen LogP contribution is 2.23. The number of halogens is 1. The molecular formula is C14H14BrN3O2. The maximum absolute atomic E-state index is 11.9. The fourth-order valence-corrected chi connectivity index (χ4v) is 2.77. The first-order chi connectivity index (χ1) is 9.67. The van der Waals surface area contributed by atoms with Gasteiger partial charge in [-0.25, -0.2) is 9.97 Å². The number of methoxy groups -OCH3 is 1. The Labute approximate surface area is 125 Å². The van der Waals surface area contributed by atoms with Gasteiger partial charge in [-0.15, -0.1) is 0 Å². The monoisotopic (exact) mass is 335 g/mol. The van der Waals surface area contributed by atoms with Crippen molar-refractivity contribution in [1.29, 1.82) is 0 Å². The molecule has 3 rings (SSSR count). The van der Waals surface area contributed by atoms with Crippen LogP contribution in [0, 0.1) is 0 Å². The lowest BCUT2D eigenvalue weighted by Gasteiger charge is -2.28. The molecule has 20 heavy (non-hydrogen) atoms. The van der Waals surface area contributed by atoms with Crippen molar-refractivity contribution in [2.24, 2.45) is 0 Å².